The van der Waals surface area contributed by atoms with Gasteiger partial charge in [0, 0.05) is 35.9 Å². The van der Waals surface area contributed by atoms with Crippen molar-refractivity contribution in [2.45, 2.75) is 6.92 Å². The summed E-state index contributed by atoms with van der Waals surface area (Å²) in [5.74, 6) is -1.67. The van der Waals surface area contributed by atoms with Crippen LogP contribution in [0.3, 0.4) is 0 Å². The fourth-order valence-electron chi connectivity index (χ4n) is 2.53. The van der Waals surface area contributed by atoms with E-state index >= 15 is 0 Å². The third kappa shape index (κ3) is 6.82. The average Bonchev–Trinajstić information content (AvgIpc) is 2.71. The minimum atomic E-state index is -0.958. The van der Waals surface area contributed by atoms with Crippen LogP contribution in [0.25, 0.3) is 0 Å². The number of benzene rings is 2. The second-order valence-corrected chi connectivity index (χ2v) is 6.94. The number of carbonyl (C=O) groups excluding carboxylic acids is 3. The SMILES string of the molecule is CC(=O)N(CCN(c1ccc(F)cc1)c1cccc(Br)c1)C(=O)OCOC(=O)CN. The molecule has 2 N–H and O–H groups in total. The lowest BCUT2D eigenvalue weighted by molar-refractivity contribution is -0.150. The number of nitrogens with zero attached hydrogens (tertiary/aromatic N) is 2. The Hall–Kier alpha value is -2.98. The van der Waals surface area contributed by atoms with E-state index in [1.54, 1.807) is 12.1 Å². The van der Waals surface area contributed by atoms with Crippen LogP contribution < -0.4 is 10.6 Å². The standard InChI is InChI=1S/C20H21BrFN3O5/c1-14(26)24(20(28)30-13-29-19(27)12-23)9-10-25(17-7-5-16(22)6-8-17)18-4-2-3-15(21)11-18/h2-8,11H,9-10,12-13,23H2,1H3. The van der Waals surface area contributed by atoms with Crippen LogP contribution in [0.5, 0.6) is 0 Å². The van der Waals surface area contributed by atoms with Gasteiger partial charge in [0.1, 0.15) is 5.82 Å². The Morgan fingerprint density at radius 3 is 2.33 bits per heavy atom. The van der Waals surface area contributed by atoms with Crippen molar-refractivity contribution >= 4 is 45.3 Å². The summed E-state index contributed by atoms with van der Waals surface area (Å²) >= 11 is 3.41. The molecule has 2 rings (SSSR count). The number of carbonyl (C=O) groups is 3. The van der Waals surface area contributed by atoms with Crippen molar-refractivity contribution in [3.8, 4) is 0 Å². The molecule has 30 heavy (non-hydrogen) atoms. The van der Waals surface area contributed by atoms with Gasteiger partial charge in [0.25, 0.3) is 0 Å². The molecule has 0 fully saturated rings. The van der Waals surface area contributed by atoms with E-state index in [1.165, 1.54) is 19.1 Å². The fourth-order valence-corrected chi connectivity index (χ4v) is 2.92. The number of rotatable bonds is 8. The molecule has 0 aliphatic rings. The largest absolute Gasteiger partial charge is 0.427 e. The molecular formula is C20H21BrFN3O5. The van der Waals surface area contributed by atoms with Crippen molar-refractivity contribution < 1.29 is 28.2 Å². The van der Waals surface area contributed by atoms with Gasteiger partial charge >= 0.3 is 12.1 Å². The van der Waals surface area contributed by atoms with E-state index in [9.17, 15) is 18.8 Å². The summed E-state index contributed by atoms with van der Waals surface area (Å²) in [4.78, 5) is 37.9. The Balaban J connectivity index is 2.15. The number of amides is 2. The zero-order valence-corrected chi connectivity index (χ0v) is 17.8. The lowest BCUT2D eigenvalue weighted by Crippen LogP contribution is -2.41. The number of ether oxygens (including phenoxy) is 2. The predicted molar refractivity (Wildman–Crippen MR) is 111 cm³/mol. The van der Waals surface area contributed by atoms with Crippen LogP contribution in [0.4, 0.5) is 20.6 Å². The maximum atomic E-state index is 13.4. The van der Waals surface area contributed by atoms with E-state index in [4.69, 9.17) is 10.5 Å². The van der Waals surface area contributed by atoms with Crippen LogP contribution in [-0.2, 0) is 19.1 Å². The van der Waals surface area contributed by atoms with Gasteiger partial charge in [-0.2, -0.15) is 0 Å². The zero-order valence-electron chi connectivity index (χ0n) is 16.2. The van der Waals surface area contributed by atoms with Gasteiger partial charge in [-0.15, -0.1) is 0 Å². The first-order valence-electron chi connectivity index (χ1n) is 8.91. The highest BCUT2D eigenvalue weighted by molar-refractivity contribution is 9.10. The molecule has 8 nitrogen and oxygen atoms in total. The molecule has 2 aromatic rings. The summed E-state index contributed by atoms with van der Waals surface area (Å²) in [6.07, 6.45) is -0.958. The number of hydrogen-bond donors (Lipinski definition) is 1. The summed E-state index contributed by atoms with van der Waals surface area (Å²) in [7, 11) is 0. The molecule has 0 radical (unpaired) electrons. The number of imide groups is 1. The summed E-state index contributed by atoms with van der Waals surface area (Å²) < 4.78 is 23.6. The van der Waals surface area contributed by atoms with E-state index in [2.05, 4.69) is 20.7 Å². The Morgan fingerprint density at radius 2 is 1.73 bits per heavy atom. The molecule has 160 valence electrons. The molecule has 0 unspecified atom stereocenters. The van der Waals surface area contributed by atoms with E-state index in [0.717, 1.165) is 15.1 Å². The zero-order chi connectivity index (χ0) is 22.1. The van der Waals surface area contributed by atoms with Crippen LogP contribution in [0.2, 0.25) is 0 Å². The lowest BCUT2D eigenvalue weighted by Gasteiger charge is -2.28. The Morgan fingerprint density at radius 1 is 1.03 bits per heavy atom. The number of hydrogen-bond acceptors (Lipinski definition) is 7. The topological polar surface area (TPSA) is 102 Å². The summed E-state index contributed by atoms with van der Waals surface area (Å²) in [6, 6.07) is 13.2. The predicted octanol–water partition coefficient (Wildman–Crippen LogP) is 3.17. The van der Waals surface area contributed by atoms with E-state index in [0.29, 0.717) is 5.69 Å². The lowest BCUT2D eigenvalue weighted by atomic mass is 10.2. The van der Waals surface area contributed by atoms with Crippen LogP contribution in [0, 0.1) is 5.82 Å². The van der Waals surface area contributed by atoms with Gasteiger partial charge in [0.15, 0.2) is 0 Å². The first kappa shape index (κ1) is 23.3. The molecule has 0 bridgehead atoms. The summed E-state index contributed by atoms with van der Waals surface area (Å²) in [6.45, 7) is 0.399. The van der Waals surface area contributed by atoms with E-state index < -0.39 is 24.8 Å². The molecule has 0 atom stereocenters. The van der Waals surface area contributed by atoms with Gasteiger partial charge in [-0.3, -0.25) is 9.59 Å². The molecular weight excluding hydrogens is 461 g/mol. The van der Waals surface area contributed by atoms with Gasteiger partial charge in [0.05, 0.1) is 6.54 Å². The van der Waals surface area contributed by atoms with E-state index in [-0.39, 0.29) is 25.5 Å². The average molecular weight is 482 g/mol. The minimum absolute atomic E-state index is 0.0249. The Bertz CT molecular complexity index is 894. The highest BCUT2D eigenvalue weighted by atomic mass is 79.9. The van der Waals surface area contributed by atoms with Crippen molar-refractivity contribution in [2.24, 2.45) is 5.73 Å². The molecule has 0 saturated heterocycles. The van der Waals surface area contributed by atoms with Gasteiger partial charge in [-0.1, -0.05) is 22.0 Å². The maximum Gasteiger partial charge on any atom is 0.419 e. The quantitative estimate of drug-likeness (QED) is 0.456. The molecule has 0 heterocycles. The third-order valence-electron chi connectivity index (χ3n) is 3.97. The van der Waals surface area contributed by atoms with Crippen molar-refractivity contribution in [1.82, 2.24) is 4.90 Å². The third-order valence-corrected chi connectivity index (χ3v) is 4.47. The summed E-state index contributed by atoms with van der Waals surface area (Å²) in [5.41, 5.74) is 6.53. The molecule has 0 spiro atoms. The minimum Gasteiger partial charge on any atom is -0.427 e. The van der Waals surface area contributed by atoms with Crippen molar-refractivity contribution in [3.63, 3.8) is 0 Å². The molecule has 10 heteroatoms. The van der Waals surface area contributed by atoms with Gasteiger partial charge in [0.2, 0.25) is 12.7 Å². The van der Waals surface area contributed by atoms with Gasteiger partial charge in [-0.05, 0) is 42.5 Å². The maximum absolute atomic E-state index is 13.4. The molecule has 0 aliphatic carbocycles. The first-order chi connectivity index (χ1) is 14.3. The van der Waals surface area contributed by atoms with Gasteiger partial charge < -0.3 is 20.1 Å². The van der Waals surface area contributed by atoms with Crippen molar-refractivity contribution in [2.75, 3.05) is 31.3 Å². The van der Waals surface area contributed by atoms with Crippen molar-refractivity contribution in [1.29, 1.82) is 0 Å². The monoisotopic (exact) mass is 481 g/mol. The van der Waals surface area contributed by atoms with Crippen LogP contribution >= 0.6 is 15.9 Å². The Labute approximate surface area is 181 Å². The number of nitrogens with two attached hydrogens (primary N) is 1. The van der Waals surface area contributed by atoms with Crippen molar-refractivity contribution in [3.05, 3.63) is 58.8 Å². The fraction of sp³-hybridized carbons (Fsp3) is 0.250. The molecule has 0 saturated carbocycles. The van der Waals surface area contributed by atoms with Crippen LogP contribution in [0.15, 0.2) is 53.0 Å². The van der Waals surface area contributed by atoms with E-state index in [1.807, 2.05) is 29.2 Å². The highest BCUT2D eigenvalue weighted by Gasteiger charge is 2.22. The number of anilines is 2. The second kappa shape index (κ2) is 11.3. The molecule has 2 amide bonds. The molecule has 0 aliphatic heterocycles. The smallest absolute Gasteiger partial charge is 0.419 e. The summed E-state index contributed by atoms with van der Waals surface area (Å²) in [5, 5.41) is 0. The van der Waals surface area contributed by atoms with Crippen LogP contribution in [-0.4, -0.2) is 49.3 Å². The number of esters is 1. The second-order valence-electron chi connectivity index (χ2n) is 6.03. The van der Waals surface area contributed by atoms with Crippen LogP contribution in [0.1, 0.15) is 6.92 Å². The highest BCUT2D eigenvalue weighted by Crippen LogP contribution is 2.27. The normalized spacial score (nSPS) is 10.3. The molecule has 2 aromatic carbocycles. The Kier molecular flexibility index (Phi) is 8.75. The number of halogens is 2. The molecule has 0 aromatic heterocycles. The van der Waals surface area contributed by atoms with Gasteiger partial charge in [-0.25, -0.2) is 14.1 Å². The first-order valence-corrected chi connectivity index (χ1v) is 9.70.